The van der Waals surface area contributed by atoms with Crippen molar-refractivity contribution in [1.82, 2.24) is 0 Å². The minimum Gasteiger partial charge on any atom is -0.373 e. The fourth-order valence-corrected chi connectivity index (χ4v) is 2.77. The van der Waals surface area contributed by atoms with Gasteiger partial charge in [0.1, 0.15) is 12.5 Å². The highest BCUT2D eigenvalue weighted by Crippen LogP contribution is 2.22. The molecule has 0 aliphatic carbocycles. The first-order valence-corrected chi connectivity index (χ1v) is 7.54. The lowest BCUT2D eigenvalue weighted by Crippen LogP contribution is -2.34. The zero-order valence-electron chi connectivity index (χ0n) is 13.0. The zero-order valence-corrected chi connectivity index (χ0v) is 13.0. The molecule has 2 aromatic carbocycles. The summed E-state index contributed by atoms with van der Waals surface area (Å²) in [6, 6.07) is 16.0. The molecule has 4 heteroatoms. The molecule has 4 nitrogen and oxygen atoms in total. The molecule has 4 aliphatic heterocycles. The van der Waals surface area contributed by atoms with Crippen molar-refractivity contribution < 1.29 is 10.2 Å². The summed E-state index contributed by atoms with van der Waals surface area (Å²) in [7, 11) is 3.78. The van der Waals surface area contributed by atoms with Crippen LogP contribution in [0.2, 0.25) is 0 Å². The van der Waals surface area contributed by atoms with Gasteiger partial charge >= 0.3 is 0 Å². The van der Waals surface area contributed by atoms with Crippen LogP contribution in [-0.2, 0) is 12.8 Å². The predicted octanol–water partition coefficient (Wildman–Crippen LogP) is 1.99. The van der Waals surface area contributed by atoms with Gasteiger partial charge in [-0.25, -0.2) is 0 Å². The van der Waals surface area contributed by atoms with Crippen molar-refractivity contribution >= 4 is 11.4 Å². The molecule has 2 unspecified atom stereocenters. The fraction of sp³-hybridized carbons (Fsp3) is 0.333. The van der Waals surface area contributed by atoms with Gasteiger partial charge in [-0.1, -0.05) is 24.3 Å². The molecule has 0 fully saturated rings. The summed E-state index contributed by atoms with van der Waals surface area (Å²) >= 11 is 0. The molecule has 4 heterocycles. The molecule has 2 atom stereocenters. The van der Waals surface area contributed by atoms with Gasteiger partial charge in [0.05, 0.1) is 0 Å². The predicted molar refractivity (Wildman–Crippen MR) is 89.1 cm³/mol. The minimum absolute atomic E-state index is 0.560. The maximum absolute atomic E-state index is 10.4. The van der Waals surface area contributed by atoms with E-state index < -0.39 is 12.5 Å². The van der Waals surface area contributed by atoms with Crippen LogP contribution < -0.4 is 9.80 Å². The Morgan fingerprint density at radius 1 is 0.682 bits per heavy atom. The van der Waals surface area contributed by atoms with Crippen molar-refractivity contribution in [2.24, 2.45) is 0 Å². The van der Waals surface area contributed by atoms with Gasteiger partial charge in [0.15, 0.2) is 0 Å². The number of aliphatic hydroxyl groups excluding tert-OH is 2. The Balaban J connectivity index is 1.99. The maximum atomic E-state index is 10.4. The number of aliphatic hydroxyl groups is 2. The average Bonchev–Trinajstić information content (AvgIpc) is 2.54. The molecule has 0 aromatic heterocycles. The number of rotatable bonds is 0. The summed E-state index contributed by atoms with van der Waals surface area (Å²) < 4.78 is 0. The summed E-state index contributed by atoms with van der Waals surface area (Å²) in [5.41, 5.74) is 4.07. The van der Waals surface area contributed by atoms with E-state index in [4.69, 9.17) is 0 Å². The van der Waals surface area contributed by atoms with Crippen LogP contribution in [0.3, 0.4) is 0 Å². The van der Waals surface area contributed by atoms with Crippen molar-refractivity contribution in [1.29, 1.82) is 0 Å². The lowest BCUT2D eigenvalue weighted by atomic mass is 10.1. The second kappa shape index (κ2) is 5.99. The first kappa shape index (κ1) is 14.9. The van der Waals surface area contributed by atoms with Gasteiger partial charge in [0.2, 0.25) is 0 Å². The smallest absolute Gasteiger partial charge is 0.130 e. The Labute approximate surface area is 131 Å². The van der Waals surface area contributed by atoms with Crippen LogP contribution in [0.5, 0.6) is 0 Å². The van der Waals surface area contributed by atoms with E-state index in [2.05, 4.69) is 0 Å². The van der Waals surface area contributed by atoms with Crippen LogP contribution in [0, 0.1) is 0 Å². The third-order valence-corrected chi connectivity index (χ3v) is 4.42. The second-order valence-electron chi connectivity index (χ2n) is 5.92. The van der Waals surface area contributed by atoms with Crippen LogP contribution in [0.4, 0.5) is 11.4 Å². The zero-order chi connectivity index (χ0) is 15.7. The highest BCUT2D eigenvalue weighted by Gasteiger charge is 2.16. The molecule has 2 aromatic rings. The van der Waals surface area contributed by atoms with E-state index in [0.717, 1.165) is 22.5 Å². The van der Waals surface area contributed by atoms with Crippen molar-refractivity contribution in [3.63, 3.8) is 0 Å². The number of hydrogen-bond acceptors (Lipinski definition) is 4. The Morgan fingerprint density at radius 2 is 1.00 bits per heavy atom. The molecule has 0 spiro atoms. The lowest BCUT2D eigenvalue weighted by molar-refractivity contribution is 0.173. The Kier molecular flexibility index (Phi) is 4.05. The lowest BCUT2D eigenvalue weighted by Gasteiger charge is -2.29. The summed E-state index contributed by atoms with van der Waals surface area (Å²) in [6.07, 6.45) is -0.0128. The van der Waals surface area contributed by atoms with E-state index >= 15 is 0 Å². The number of nitrogens with zero attached hydrogens (tertiary/aromatic N) is 2. The third-order valence-electron chi connectivity index (χ3n) is 4.42. The van der Waals surface area contributed by atoms with Gasteiger partial charge in [-0.2, -0.15) is 0 Å². The van der Waals surface area contributed by atoms with E-state index in [1.54, 1.807) is 0 Å². The molecular weight excluding hydrogens is 276 g/mol. The number of hydrogen-bond donors (Lipinski definition) is 2. The standard InChI is InChI=1S/C18H22N2O2/c1-19-15-7-3-14(4-8-15)12-18(22)20(2)16-9-5-13(6-10-16)11-17(19)21/h3-10,17-18,21-22H,11-12H2,1-2H3. The van der Waals surface area contributed by atoms with Gasteiger partial charge < -0.3 is 20.0 Å². The fourth-order valence-electron chi connectivity index (χ4n) is 2.77. The average molecular weight is 298 g/mol. The third kappa shape index (κ3) is 2.93. The van der Waals surface area contributed by atoms with E-state index in [1.165, 1.54) is 0 Å². The van der Waals surface area contributed by atoms with Crippen molar-refractivity contribution in [3.05, 3.63) is 59.7 Å². The van der Waals surface area contributed by atoms with Crippen molar-refractivity contribution in [2.45, 2.75) is 25.3 Å². The largest absolute Gasteiger partial charge is 0.373 e. The molecule has 0 radical (unpaired) electrons. The van der Waals surface area contributed by atoms with E-state index in [9.17, 15) is 10.2 Å². The molecule has 0 saturated heterocycles. The summed E-state index contributed by atoms with van der Waals surface area (Å²) in [4.78, 5) is 3.73. The van der Waals surface area contributed by atoms with Crippen LogP contribution in [0.25, 0.3) is 0 Å². The summed E-state index contributed by atoms with van der Waals surface area (Å²) in [5.74, 6) is 0. The van der Waals surface area contributed by atoms with Crippen LogP contribution in [0.15, 0.2) is 48.5 Å². The van der Waals surface area contributed by atoms with Gasteiger partial charge in [-0.3, -0.25) is 0 Å². The van der Waals surface area contributed by atoms with Gasteiger partial charge in [0.25, 0.3) is 0 Å². The summed E-state index contributed by atoms with van der Waals surface area (Å²) in [6.45, 7) is 0. The summed E-state index contributed by atoms with van der Waals surface area (Å²) in [5, 5.41) is 20.8. The Bertz CT molecular complexity index is 567. The number of benzene rings is 2. The highest BCUT2D eigenvalue weighted by molar-refractivity contribution is 5.50. The monoisotopic (exact) mass is 298 g/mol. The second-order valence-corrected chi connectivity index (χ2v) is 5.92. The number of anilines is 2. The topological polar surface area (TPSA) is 46.9 Å². The molecule has 116 valence electrons. The SMILES string of the molecule is CN1c2ccc(cc2)CC(O)N(C)c2ccc(cc2)CC1O. The Hall–Kier alpha value is -2.04. The highest BCUT2D eigenvalue weighted by atomic mass is 16.3. The molecule has 4 bridgehead atoms. The molecule has 4 aliphatic rings. The molecule has 22 heavy (non-hydrogen) atoms. The molecule has 2 N–H and O–H groups in total. The van der Waals surface area contributed by atoms with Crippen LogP contribution in [-0.4, -0.2) is 36.8 Å². The number of likely N-dealkylation sites (N-methyl/N-ethyl adjacent to an activating group) is 2. The van der Waals surface area contributed by atoms with Gasteiger partial charge in [0, 0.05) is 38.3 Å². The molecular formula is C18H22N2O2. The first-order chi connectivity index (χ1) is 10.5. The van der Waals surface area contributed by atoms with E-state index in [-0.39, 0.29) is 0 Å². The van der Waals surface area contributed by atoms with Crippen molar-refractivity contribution in [2.75, 3.05) is 23.9 Å². The normalized spacial score (nSPS) is 22.0. The first-order valence-electron chi connectivity index (χ1n) is 7.54. The molecule has 6 rings (SSSR count). The van der Waals surface area contributed by atoms with Crippen molar-refractivity contribution in [3.8, 4) is 0 Å². The van der Waals surface area contributed by atoms with Gasteiger partial charge in [-0.15, -0.1) is 0 Å². The minimum atomic E-state index is -0.567. The van der Waals surface area contributed by atoms with E-state index in [1.807, 2.05) is 72.4 Å². The van der Waals surface area contributed by atoms with E-state index in [0.29, 0.717) is 12.8 Å². The Morgan fingerprint density at radius 3 is 1.32 bits per heavy atom. The van der Waals surface area contributed by atoms with Crippen LogP contribution in [0.1, 0.15) is 11.1 Å². The van der Waals surface area contributed by atoms with Crippen LogP contribution >= 0.6 is 0 Å². The van der Waals surface area contributed by atoms with Gasteiger partial charge in [-0.05, 0) is 35.4 Å². The molecule has 0 saturated carbocycles. The quantitative estimate of drug-likeness (QED) is 0.781. The maximum Gasteiger partial charge on any atom is 0.130 e. The molecule has 0 amide bonds.